The van der Waals surface area contributed by atoms with Gasteiger partial charge in [-0.3, -0.25) is 0 Å². The van der Waals surface area contributed by atoms with E-state index in [1.807, 2.05) is 0 Å². The van der Waals surface area contributed by atoms with Gasteiger partial charge in [0.05, 0.1) is 5.60 Å². The van der Waals surface area contributed by atoms with Gasteiger partial charge in [0.2, 0.25) is 0 Å². The second-order valence-corrected chi connectivity index (χ2v) is 5.57. The summed E-state index contributed by atoms with van der Waals surface area (Å²) < 4.78 is 5.44. The largest absolute Gasteiger partial charge is 0.379 e. The highest BCUT2D eigenvalue weighted by molar-refractivity contribution is 6.18. The molecule has 2 heteroatoms. The monoisotopic (exact) mass is 218 g/mol. The lowest BCUT2D eigenvalue weighted by molar-refractivity contribution is 0.00533. The summed E-state index contributed by atoms with van der Waals surface area (Å²) >= 11 is 6.10. The molecule has 0 aromatic rings. The van der Waals surface area contributed by atoms with Gasteiger partial charge in [0.15, 0.2) is 0 Å². The smallest absolute Gasteiger partial charge is 0.0623 e. The molecule has 0 atom stereocenters. The van der Waals surface area contributed by atoms with Crippen LogP contribution in [0.15, 0.2) is 0 Å². The lowest BCUT2D eigenvalue weighted by atomic mass is 9.81. The van der Waals surface area contributed by atoms with Crippen LogP contribution in [0.5, 0.6) is 0 Å². The molecule has 84 valence electrons. The summed E-state index contributed by atoms with van der Waals surface area (Å²) in [6.07, 6.45) is 7.69. The first-order valence-corrected chi connectivity index (χ1v) is 6.18. The number of methoxy groups -OCH3 is 1. The molecule has 0 N–H and O–H groups in total. The highest BCUT2D eigenvalue weighted by Crippen LogP contribution is 2.44. The van der Waals surface area contributed by atoms with Crippen LogP contribution < -0.4 is 0 Å². The number of halogens is 1. The summed E-state index contributed by atoms with van der Waals surface area (Å²) in [5, 5.41) is 0. The third-order valence-electron chi connectivity index (χ3n) is 3.76. The van der Waals surface area contributed by atoms with Gasteiger partial charge in [0, 0.05) is 13.0 Å². The van der Waals surface area contributed by atoms with Gasteiger partial charge in [0.1, 0.15) is 0 Å². The molecule has 0 spiro atoms. The lowest BCUT2D eigenvalue weighted by Crippen LogP contribution is -2.27. The van der Waals surface area contributed by atoms with Gasteiger partial charge in [-0.2, -0.15) is 0 Å². The van der Waals surface area contributed by atoms with Crippen molar-refractivity contribution in [1.29, 1.82) is 0 Å². The zero-order valence-corrected chi connectivity index (χ0v) is 10.5. The Morgan fingerprint density at radius 3 is 2.29 bits per heavy atom. The molecule has 0 amide bonds. The fraction of sp³-hybridized carbons (Fsp3) is 1.00. The molecular formula is C12H23ClO. The molecule has 0 aromatic heterocycles. The predicted molar refractivity (Wildman–Crippen MR) is 61.9 cm³/mol. The highest BCUT2D eigenvalue weighted by atomic mass is 35.5. The zero-order chi connectivity index (χ0) is 10.7. The Balaban J connectivity index is 2.41. The first-order valence-electron chi connectivity index (χ1n) is 5.65. The fourth-order valence-electron chi connectivity index (χ4n) is 2.24. The molecule has 0 heterocycles. The Morgan fingerprint density at radius 2 is 1.86 bits per heavy atom. The molecule has 0 aliphatic heterocycles. The standard InChI is InChI=1S/C12H23ClO/c1-11(2,14-3)8-9-12(10-13)6-4-5-7-12/h4-10H2,1-3H3. The first kappa shape index (κ1) is 12.3. The molecule has 1 saturated carbocycles. The third kappa shape index (κ3) is 3.13. The Kier molecular flexibility index (Phi) is 4.27. The van der Waals surface area contributed by atoms with E-state index in [9.17, 15) is 0 Å². The number of alkyl halides is 1. The minimum absolute atomic E-state index is 0.0155. The molecule has 1 aliphatic rings. The van der Waals surface area contributed by atoms with E-state index in [2.05, 4.69) is 13.8 Å². The van der Waals surface area contributed by atoms with E-state index >= 15 is 0 Å². The molecule has 0 bridgehead atoms. The quantitative estimate of drug-likeness (QED) is 0.634. The van der Waals surface area contributed by atoms with Crippen molar-refractivity contribution in [3.63, 3.8) is 0 Å². The SMILES string of the molecule is COC(C)(C)CCC1(CCl)CCCC1. The van der Waals surface area contributed by atoms with Gasteiger partial charge in [-0.1, -0.05) is 12.8 Å². The van der Waals surface area contributed by atoms with Crippen molar-refractivity contribution in [3.8, 4) is 0 Å². The summed E-state index contributed by atoms with van der Waals surface area (Å²) in [6.45, 7) is 4.31. The average Bonchev–Trinajstić information content (AvgIpc) is 2.65. The normalized spacial score (nSPS) is 21.4. The van der Waals surface area contributed by atoms with Gasteiger partial charge >= 0.3 is 0 Å². The van der Waals surface area contributed by atoms with Gasteiger partial charge < -0.3 is 4.74 Å². The Bertz CT molecular complexity index is 171. The maximum absolute atomic E-state index is 6.10. The van der Waals surface area contributed by atoms with Crippen LogP contribution in [0.2, 0.25) is 0 Å². The van der Waals surface area contributed by atoms with Crippen LogP contribution in [-0.2, 0) is 4.74 Å². The molecule has 1 aliphatic carbocycles. The minimum Gasteiger partial charge on any atom is -0.379 e. The number of hydrogen-bond acceptors (Lipinski definition) is 1. The van der Waals surface area contributed by atoms with Crippen molar-refractivity contribution in [2.24, 2.45) is 5.41 Å². The third-order valence-corrected chi connectivity index (χ3v) is 4.32. The molecule has 1 rings (SSSR count). The van der Waals surface area contributed by atoms with E-state index in [1.165, 1.54) is 32.1 Å². The predicted octanol–water partition coefficient (Wildman–Crippen LogP) is 3.99. The average molecular weight is 219 g/mol. The molecule has 0 unspecified atom stereocenters. The summed E-state index contributed by atoms with van der Waals surface area (Å²) in [4.78, 5) is 0. The zero-order valence-electron chi connectivity index (χ0n) is 9.74. The van der Waals surface area contributed by atoms with Crippen molar-refractivity contribution < 1.29 is 4.74 Å². The second-order valence-electron chi connectivity index (χ2n) is 5.30. The van der Waals surface area contributed by atoms with Crippen LogP contribution >= 0.6 is 11.6 Å². The van der Waals surface area contributed by atoms with E-state index in [4.69, 9.17) is 16.3 Å². The summed E-state index contributed by atoms with van der Waals surface area (Å²) in [7, 11) is 1.79. The molecule has 0 radical (unpaired) electrons. The van der Waals surface area contributed by atoms with Crippen molar-refractivity contribution in [3.05, 3.63) is 0 Å². The Morgan fingerprint density at radius 1 is 1.29 bits per heavy atom. The van der Waals surface area contributed by atoms with Crippen LogP contribution in [-0.4, -0.2) is 18.6 Å². The van der Waals surface area contributed by atoms with E-state index in [-0.39, 0.29) is 5.60 Å². The molecule has 1 nitrogen and oxygen atoms in total. The van der Waals surface area contributed by atoms with E-state index in [0.29, 0.717) is 5.41 Å². The maximum Gasteiger partial charge on any atom is 0.0623 e. The maximum atomic E-state index is 6.10. The van der Waals surface area contributed by atoms with Gasteiger partial charge in [-0.15, -0.1) is 11.6 Å². The lowest BCUT2D eigenvalue weighted by Gasteiger charge is -2.31. The molecule has 0 saturated heterocycles. The topological polar surface area (TPSA) is 9.23 Å². The van der Waals surface area contributed by atoms with Crippen LogP contribution in [0.3, 0.4) is 0 Å². The fourth-order valence-corrected chi connectivity index (χ4v) is 2.64. The van der Waals surface area contributed by atoms with Crippen LogP contribution in [0, 0.1) is 5.41 Å². The van der Waals surface area contributed by atoms with Crippen LogP contribution in [0.1, 0.15) is 52.4 Å². The van der Waals surface area contributed by atoms with Crippen molar-refractivity contribution in [2.75, 3.05) is 13.0 Å². The summed E-state index contributed by atoms with van der Waals surface area (Å²) in [6, 6.07) is 0. The minimum atomic E-state index is 0.0155. The molecule has 0 aromatic carbocycles. The van der Waals surface area contributed by atoms with Crippen molar-refractivity contribution in [1.82, 2.24) is 0 Å². The van der Waals surface area contributed by atoms with Gasteiger partial charge in [-0.05, 0) is 44.9 Å². The highest BCUT2D eigenvalue weighted by Gasteiger charge is 2.34. The molecular weight excluding hydrogens is 196 g/mol. The Labute approximate surface area is 93.2 Å². The van der Waals surface area contributed by atoms with Crippen LogP contribution in [0.25, 0.3) is 0 Å². The second kappa shape index (κ2) is 4.85. The molecule has 14 heavy (non-hydrogen) atoms. The summed E-state index contributed by atoms with van der Waals surface area (Å²) in [5.74, 6) is 0.826. The first-order chi connectivity index (χ1) is 6.54. The van der Waals surface area contributed by atoms with Crippen molar-refractivity contribution in [2.45, 2.75) is 58.0 Å². The van der Waals surface area contributed by atoms with E-state index in [0.717, 1.165) is 12.3 Å². The molecule has 1 fully saturated rings. The number of hydrogen-bond donors (Lipinski definition) is 0. The van der Waals surface area contributed by atoms with Gasteiger partial charge in [0.25, 0.3) is 0 Å². The van der Waals surface area contributed by atoms with Gasteiger partial charge in [-0.25, -0.2) is 0 Å². The number of ether oxygens (including phenoxy) is 1. The Hall–Kier alpha value is 0.250. The number of rotatable bonds is 5. The van der Waals surface area contributed by atoms with E-state index < -0.39 is 0 Å². The summed E-state index contributed by atoms with van der Waals surface area (Å²) in [5.41, 5.74) is 0.443. The van der Waals surface area contributed by atoms with Crippen molar-refractivity contribution >= 4 is 11.6 Å². The van der Waals surface area contributed by atoms with Crippen LogP contribution in [0.4, 0.5) is 0 Å². The van der Waals surface area contributed by atoms with E-state index in [1.54, 1.807) is 7.11 Å².